The molecule has 0 saturated heterocycles. The fraction of sp³-hybridized carbons (Fsp3) is 0.364. The van der Waals surface area contributed by atoms with Crippen molar-refractivity contribution < 1.29 is 23.4 Å². The number of carboxylic acid groups (broad SMARTS) is 1. The first-order chi connectivity index (χ1) is 7.45. The van der Waals surface area contributed by atoms with E-state index in [1.807, 2.05) is 0 Å². The van der Waals surface area contributed by atoms with Crippen molar-refractivity contribution in [3.05, 3.63) is 29.3 Å². The van der Waals surface area contributed by atoms with Crippen LogP contribution in [0.15, 0.2) is 12.1 Å². The quantitative estimate of drug-likeness (QED) is 0.862. The lowest BCUT2D eigenvalue weighted by molar-refractivity contribution is -0.141. The Labute approximate surface area is 91.7 Å². The lowest BCUT2D eigenvalue weighted by Crippen LogP contribution is -2.13. The van der Waals surface area contributed by atoms with Crippen LogP contribution in [-0.4, -0.2) is 18.2 Å². The lowest BCUT2D eigenvalue weighted by atomic mass is 10.0. The molecule has 0 spiro atoms. The molecule has 0 aliphatic carbocycles. The van der Waals surface area contributed by atoms with Crippen molar-refractivity contribution in [2.75, 3.05) is 7.11 Å². The number of hydrogen-bond donors (Lipinski definition) is 1. The summed E-state index contributed by atoms with van der Waals surface area (Å²) < 4.78 is 31.2. The van der Waals surface area contributed by atoms with Gasteiger partial charge in [0.1, 0.15) is 5.75 Å². The van der Waals surface area contributed by atoms with Crippen LogP contribution in [0.3, 0.4) is 0 Å². The molecule has 1 aromatic rings. The van der Waals surface area contributed by atoms with Crippen LogP contribution < -0.4 is 4.74 Å². The van der Waals surface area contributed by atoms with E-state index in [2.05, 4.69) is 0 Å². The van der Waals surface area contributed by atoms with Gasteiger partial charge in [-0.05, 0) is 18.1 Å². The van der Waals surface area contributed by atoms with E-state index in [9.17, 15) is 13.6 Å². The second kappa shape index (κ2) is 4.92. The predicted molar refractivity (Wildman–Crippen MR) is 53.4 cm³/mol. The van der Waals surface area contributed by atoms with Crippen LogP contribution in [0.2, 0.25) is 0 Å². The molecule has 0 heterocycles. The molecule has 0 aliphatic heterocycles. The molecule has 3 nitrogen and oxygen atoms in total. The molecule has 0 amide bonds. The molecule has 1 N–H and O–H groups in total. The van der Waals surface area contributed by atoms with E-state index in [1.165, 1.54) is 20.1 Å². The normalized spacial score (nSPS) is 12.2. The number of carbonyl (C=O) groups is 1. The number of methoxy groups -OCH3 is 1. The Bertz CT molecular complexity index is 404. The summed E-state index contributed by atoms with van der Waals surface area (Å²) in [6.07, 6.45) is -0.0741. The highest BCUT2D eigenvalue weighted by Crippen LogP contribution is 2.22. The van der Waals surface area contributed by atoms with Gasteiger partial charge in [0.2, 0.25) is 0 Å². The van der Waals surface area contributed by atoms with E-state index in [-0.39, 0.29) is 17.7 Å². The van der Waals surface area contributed by atoms with Gasteiger partial charge in [-0.1, -0.05) is 6.92 Å². The van der Waals surface area contributed by atoms with Crippen molar-refractivity contribution in [3.8, 4) is 5.75 Å². The molecule has 0 aromatic heterocycles. The van der Waals surface area contributed by atoms with Crippen LogP contribution in [0.5, 0.6) is 5.75 Å². The number of aliphatic carboxylic acids is 1. The van der Waals surface area contributed by atoms with Gasteiger partial charge in [0.05, 0.1) is 13.0 Å². The average Bonchev–Trinajstić information content (AvgIpc) is 2.24. The summed E-state index contributed by atoms with van der Waals surface area (Å²) in [7, 11) is 1.33. The number of halogens is 2. The van der Waals surface area contributed by atoms with Crippen molar-refractivity contribution in [1.82, 2.24) is 0 Å². The minimum absolute atomic E-state index is 0.00625. The number of carboxylic acids is 1. The van der Waals surface area contributed by atoms with Gasteiger partial charge >= 0.3 is 5.97 Å². The molecule has 0 saturated carbocycles. The third-order valence-corrected chi connectivity index (χ3v) is 2.26. The summed E-state index contributed by atoms with van der Waals surface area (Å²) in [6, 6.07) is 2.22. The maximum atomic E-state index is 13.3. The summed E-state index contributed by atoms with van der Waals surface area (Å²) in [5.74, 6) is -3.71. The Morgan fingerprint density at radius 2 is 2.12 bits per heavy atom. The maximum absolute atomic E-state index is 13.3. The van der Waals surface area contributed by atoms with Gasteiger partial charge in [-0.15, -0.1) is 0 Å². The fourth-order valence-electron chi connectivity index (χ4n) is 1.30. The first-order valence-electron chi connectivity index (χ1n) is 4.70. The molecule has 0 aliphatic rings. The summed E-state index contributed by atoms with van der Waals surface area (Å²) in [5.41, 5.74) is 0.00625. The van der Waals surface area contributed by atoms with Gasteiger partial charge in [0, 0.05) is 6.07 Å². The highest BCUT2D eigenvalue weighted by Gasteiger charge is 2.17. The first kappa shape index (κ1) is 12.4. The Morgan fingerprint density at radius 1 is 1.50 bits per heavy atom. The first-order valence-corrected chi connectivity index (χ1v) is 4.70. The lowest BCUT2D eigenvalue weighted by Gasteiger charge is -2.09. The molecule has 16 heavy (non-hydrogen) atoms. The van der Waals surface area contributed by atoms with Crippen LogP contribution in [0.1, 0.15) is 12.5 Å². The van der Waals surface area contributed by atoms with E-state index < -0.39 is 23.5 Å². The van der Waals surface area contributed by atoms with Crippen LogP contribution in [-0.2, 0) is 11.2 Å². The Hall–Kier alpha value is -1.65. The number of hydrogen-bond acceptors (Lipinski definition) is 2. The third kappa shape index (κ3) is 2.68. The van der Waals surface area contributed by atoms with Gasteiger partial charge in [0.25, 0.3) is 0 Å². The molecular weight excluding hydrogens is 218 g/mol. The zero-order valence-corrected chi connectivity index (χ0v) is 8.96. The van der Waals surface area contributed by atoms with Gasteiger partial charge < -0.3 is 9.84 Å². The molecule has 1 unspecified atom stereocenters. The SMILES string of the molecule is COc1cc(F)c(F)c(CC(C)C(=O)O)c1. The van der Waals surface area contributed by atoms with Gasteiger partial charge in [-0.3, -0.25) is 4.79 Å². The Kier molecular flexibility index (Phi) is 3.82. The molecule has 0 radical (unpaired) electrons. The van der Waals surface area contributed by atoms with Gasteiger partial charge in [-0.25, -0.2) is 8.78 Å². The standard InChI is InChI=1S/C11H12F2O3/c1-6(11(14)15)3-7-4-8(16-2)5-9(12)10(7)13/h4-6H,3H2,1-2H3,(H,14,15). The fourth-order valence-corrected chi connectivity index (χ4v) is 1.30. The highest BCUT2D eigenvalue weighted by molar-refractivity contribution is 5.69. The predicted octanol–water partition coefficient (Wildman–Crippen LogP) is 2.24. The third-order valence-electron chi connectivity index (χ3n) is 2.26. The summed E-state index contributed by atoms with van der Waals surface area (Å²) in [6.45, 7) is 1.43. The van der Waals surface area contributed by atoms with Crippen molar-refractivity contribution in [3.63, 3.8) is 0 Å². The monoisotopic (exact) mass is 230 g/mol. The van der Waals surface area contributed by atoms with E-state index >= 15 is 0 Å². The minimum atomic E-state index is -1.05. The summed E-state index contributed by atoms with van der Waals surface area (Å²) in [4.78, 5) is 10.6. The number of benzene rings is 1. The number of rotatable bonds is 4. The van der Waals surface area contributed by atoms with E-state index in [0.29, 0.717) is 0 Å². The van der Waals surface area contributed by atoms with Gasteiger partial charge in [0.15, 0.2) is 11.6 Å². The number of ether oxygens (including phenoxy) is 1. The molecule has 1 aromatic carbocycles. The van der Waals surface area contributed by atoms with Crippen LogP contribution in [0, 0.1) is 17.6 Å². The molecule has 88 valence electrons. The van der Waals surface area contributed by atoms with E-state index in [1.54, 1.807) is 0 Å². The van der Waals surface area contributed by atoms with Crippen molar-refractivity contribution in [2.45, 2.75) is 13.3 Å². The summed E-state index contributed by atoms with van der Waals surface area (Å²) in [5, 5.41) is 8.68. The molecule has 1 rings (SSSR count). The van der Waals surface area contributed by atoms with Crippen molar-refractivity contribution in [2.24, 2.45) is 5.92 Å². The smallest absolute Gasteiger partial charge is 0.306 e. The second-order valence-electron chi connectivity index (χ2n) is 3.53. The zero-order chi connectivity index (χ0) is 12.3. The molecule has 1 atom stereocenters. The van der Waals surface area contributed by atoms with Gasteiger partial charge in [-0.2, -0.15) is 0 Å². The molecule has 5 heteroatoms. The van der Waals surface area contributed by atoms with Crippen molar-refractivity contribution in [1.29, 1.82) is 0 Å². The molecular formula is C11H12F2O3. The Morgan fingerprint density at radius 3 is 2.62 bits per heavy atom. The Balaban J connectivity index is 3.03. The zero-order valence-electron chi connectivity index (χ0n) is 8.96. The largest absolute Gasteiger partial charge is 0.497 e. The minimum Gasteiger partial charge on any atom is -0.497 e. The van der Waals surface area contributed by atoms with Crippen LogP contribution >= 0.6 is 0 Å². The topological polar surface area (TPSA) is 46.5 Å². The van der Waals surface area contributed by atoms with E-state index in [4.69, 9.17) is 9.84 Å². The molecule has 0 fully saturated rings. The second-order valence-corrected chi connectivity index (χ2v) is 3.53. The summed E-state index contributed by atoms with van der Waals surface area (Å²) >= 11 is 0. The van der Waals surface area contributed by atoms with Crippen LogP contribution in [0.25, 0.3) is 0 Å². The highest BCUT2D eigenvalue weighted by atomic mass is 19.2. The maximum Gasteiger partial charge on any atom is 0.306 e. The van der Waals surface area contributed by atoms with Crippen molar-refractivity contribution >= 4 is 5.97 Å². The average molecular weight is 230 g/mol. The van der Waals surface area contributed by atoms with E-state index in [0.717, 1.165) is 6.07 Å². The van der Waals surface area contributed by atoms with Crippen LogP contribution in [0.4, 0.5) is 8.78 Å². The molecule has 0 bridgehead atoms.